The van der Waals surface area contributed by atoms with E-state index in [2.05, 4.69) is 0 Å². The molecule has 0 aromatic carbocycles. The standard InChI is InChI=1S/C14H18F6O/c1-6-9-5-11(7(2)10(6)11)3-8(9)4-12(21,13(15,16)17)14(18,19)20/h6-10,21H,3-5H2,1-2H3. The van der Waals surface area contributed by atoms with E-state index in [-0.39, 0.29) is 17.3 Å². The highest BCUT2D eigenvalue weighted by Crippen LogP contribution is 2.80. The second-order valence-electron chi connectivity index (χ2n) is 7.30. The predicted octanol–water partition coefficient (Wildman–Crippen LogP) is 4.16. The molecule has 1 N–H and O–H groups in total. The summed E-state index contributed by atoms with van der Waals surface area (Å²) in [4.78, 5) is 0. The number of alkyl halides is 6. The van der Waals surface area contributed by atoms with Gasteiger partial charge < -0.3 is 5.11 Å². The normalized spacial score (nSPS) is 45.9. The van der Waals surface area contributed by atoms with Gasteiger partial charge in [-0.3, -0.25) is 0 Å². The molecule has 21 heavy (non-hydrogen) atoms. The van der Waals surface area contributed by atoms with Gasteiger partial charge in [-0.05, 0) is 54.3 Å². The van der Waals surface area contributed by atoms with E-state index in [0.29, 0.717) is 18.3 Å². The van der Waals surface area contributed by atoms with Crippen molar-refractivity contribution in [1.29, 1.82) is 0 Å². The lowest BCUT2D eigenvalue weighted by Crippen LogP contribution is -2.58. The molecule has 0 heterocycles. The van der Waals surface area contributed by atoms with Crippen molar-refractivity contribution in [2.45, 2.75) is 51.1 Å². The average molecular weight is 316 g/mol. The van der Waals surface area contributed by atoms with E-state index < -0.39 is 30.3 Å². The number of rotatable bonds is 2. The Kier molecular flexibility index (Phi) is 2.86. The van der Waals surface area contributed by atoms with Crippen LogP contribution >= 0.6 is 0 Å². The summed E-state index contributed by atoms with van der Waals surface area (Å²) in [6.45, 7) is 3.95. The Bertz CT molecular complexity index is 441. The molecule has 3 aliphatic carbocycles. The molecular weight excluding hydrogens is 298 g/mol. The van der Waals surface area contributed by atoms with Crippen molar-refractivity contribution >= 4 is 0 Å². The summed E-state index contributed by atoms with van der Waals surface area (Å²) in [5.41, 5.74) is -4.63. The van der Waals surface area contributed by atoms with Gasteiger partial charge >= 0.3 is 12.4 Å². The Labute approximate surface area is 118 Å². The Morgan fingerprint density at radius 3 is 1.90 bits per heavy atom. The number of aliphatic hydroxyl groups is 1. The zero-order chi connectivity index (χ0) is 16.0. The quantitative estimate of drug-likeness (QED) is 0.759. The lowest BCUT2D eigenvalue weighted by Gasteiger charge is -2.37. The Balaban J connectivity index is 1.83. The molecular formula is C14H18F6O. The van der Waals surface area contributed by atoms with Gasteiger partial charge in [0.2, 0.25) is 0 Å². The van der Waals surface area contributed by atoms with Gasteiger partial charge in [0.25, 0.3) is 5.60 Å². The van der Waals surface area contributed by atoms with E-state index in [0.717, 1.165) is 6.42 Å². The molecule has 1 nitrogen and oxygen atoms in total. The summed E-state index contributed by atoms with van der Waals surface area (Å²) < 4.78 is 76.8. The Hall–Kier alpha value is -0.460. The van der Waals surface area contributed by atoms with Crippen LogP contribution in [0.2, 0.25) is 0 Å². The highest BCUT2D eigenvalue weighted by molar-refractivity contribution is 5.23. The van der Waals surface area contributed by atoms with Crippen LogP contribution in [-0.2, 0) is 0 Å². The van der Waals surface area contributed by atoms with Crippen molar-refractivity contribution in [2.24, 2.45) is 35.0 Å². The molecule has 122 valence electrons. The van der Waals surface area contributed by atoms with Crippen LogP contribution in [0, 0.1) is 35.0 Å². The van der Waals surface area contributed by atoms with Gasteiger partial charge in [0.1, 0.15) is 0 Å². The minimum Gasteiger partial charge on any atom is -0.374 e. The van der Waals surface area contributed by atoms with Gasteiger partial charge in [0.15, 0.2) is 0 Å². The van der Waals surface area contributed by atoms with Crippen molar-refractivity contribution in [3.63, 3.8) is 0 Å². The van der Waals surface area contributed by atoms with Crippen LogP contribution < -0.4 is 0 Å². The molecule has 1 spiro atoms. The van der Waals surface area contributed by atoms with E-state index in [4.69, 9.17) is 0 Å². The molecule has 0 saturated heterocycles. The minimum absolute atomic E-state index is 0.0488. The largest absolute Gasteiger partial charge is 0.426 e. The monoisotopic (exact) mass is 316 g/mol. The van der Waals surface area contributed by atoms with E-state index in [1.165, 1.54) is 0 Å². The first-order valence-corrected chi connectivity index (χ1v) is 7.21. The third-order valence-corrected chi connectivity index (χ3v) is 6.60. The fraction of sp³-hybridized carbons (Fsp3) is 1.00. The molecule has 3 aliphatic rings. The summed E-state index contributed by atoms with van der Waals surface area (Å²) in [5.74, 6) is 0.170. The van der Waals surface area contributed by atoms with E-state index in [9.17, 15) is 31.4 Å². The summed E-state index contributed by atoms with van der Waals surface area (Å²) in [5, 5.41) is 9.37. The molecule has 2 bridgehead atoms. The molecule has 3 saturated carbocycles. The van der Waals surface area contributed by atoms with Gasteiger partial charge in [-0.15, -0.1) is 0 Å². The third-order valence-electron chi connectivity index (χ3n) is 6.60. The van der Waals surface area contributed by atoms with Gasteiger partial charge in [-0.2, -0.15) is 26.3 Å². The summed E-state index contributed by atoms with van der Waals surface area (Å²) in [6.07, 6.45) is -11.5. The van der Waals surface area contributed by atoms with Crippen LogP contribution in [0.3, 0.4) is 0 Å². The van der Waals surface area contributed by atoms with Crippen molar-refractivity contribution in [1.82, 2.24) is 0 Å². The first-order valence-electron chi connectivity index (χ1n) is 7.21. The van der Waals surface area contributed by atoms with Crippen LogP contribution in [0.25, 0.3) is 0 Å². The highest BCUT2D eigenvalue weighted by Gasteiger charge is 2.77. The molecule has 0 aromatic heterocycles. The number of fused-ring (bicyclic) bond motifs is 1. The lowest BCUT2D eigenvalue weighted by molar-refractivity contribution is -0.373. The smallest absolute Gasteiger partial charge is 0.374 e. The zero-order valence-electron chi connectivity index (χ0n) is 11.7. The molecule has 0 radical (unpaired) electrons. The Morgan fingerprint density at radius 2 is 1.52 bits per heavy atom. The molecule has 3 fully saturated rings. The summed E-state index contributed by atoms with van der Waals surface area (Å²) in [7, 11) is 0. The van der Waals surface area contributed by atoms with Gasteiger partial charge in [-0.1, -0.05) is 13.8 Å². The summed E-state index contributed by atoms with van der Waals surface area (Å²) >= 11 is 0. The van der Waals surface area contributed by atoms with Crippen LogP contribution in [0.15, 0.2) is 0 Å². The average Bonchev–Trinajstić information content (AvgIpc) is 2.64. The first kappa shape index (κ1) is 15.4. The van der Waals surface area contributed by atoms with Crippen LogP contribution in [-0.4, -0.2) is 23.1 Å². The molecule has 6 atom stereocenters. The maximum atomic E-state index is 12.8. The van der Waals surface area contributed by atoms with Crippen molar-refractivity contribution in [3.05, 3.63) is 0 Å². The maximum absolute atomic E-state index is 12.8. The molecule has 6 unspecified atom stereocenters. The first-order chi connectivity index (χ1) is 9.35. The van der Waals surface area contributed by atoms with Crippen molar-refractivity contribution in [3.8, 4) is 0 Å². The van der Waals surface area contributed by atoms with Crippen LogP contribution in [0.4, 0.5) is 26.3 Å². The van der Waals surface area contributed by atoms with Crippen molar-refractivity contribution < 1.29 is 31.4 Å². The minimum atomic E-state index is -5.69. The second kappa shape index (κ2) is 3.89. The van der Waals surface area contributed by atoms with E-state index >= 15 is 0 Å². The fourth-order valence-electron chi connectivity index (χ4n) is 5.57. The molecule has 0 amide bonds. The molecule has 3 rings (SSSR count). The predicted molar refractivity (Wildman–Crippen MR) is 62.1 cm³/mol. The Morgan fingerprint density at radius 1 is 1.00 bits per heavy atom. The van der Waals surface area contributed by atoms with Gasteiger partial charge in [0.05, 0.1) is 0 Å². The second-order valence-corrected chi connectivity index (χ2v) is 7.30. The fourth-order valence-corrected chi connectivity index (χ4v) is 5.57. The SMILES string of the molecule is CC1C2CC3(CC2CC(O)(C(F)(F)F)C(F)(F)F)C(C)C13. The number of hydrogen-bond acceptors (Lipinski definition) is 1. The van der Waals surface area contributed by atoms with Crippen LogP contribution in [0.5, 0.6) is 0 Å². The zero-order valence-corrected chi connectivity index (χ0v) is 11.7. The molecule has 0 aliphatic heterocycles. The van der Waals surface area contributed by atoms with Gasteiger partial charge in [-0.25, -0.2) is 0 Å². The summed E-state index contributed by atoms with van der Waals surface area (Å²) in [6, 6.07) is 0. The molecule has 0 aromatic rings. The van der Waals surface area contributed by atoms with E-state index in [1.807, 2.05) is 13.8 Å². The maximum Gasteiger partial charge on any atom is 0.426 e. The topological polar surface area (TPSA) is 20.2 Å². The number of hydrogen-bond donors (Lipinski definition) is 1. The third kappa shape index (κ3) is 1.75. The van der Waals surface area contributed by atoms with Crippen molar-refractivity contribution in [2.75, 3.05) is 0 Å². The van der Waals surface area contributed by atoms with E-state index in [1.54, 1.807) is 0 Å². The molecule has 7 heteroatoms. The lowest BCUT2D eigenvalue weighted by atomic mass is 9.75. The number of halogens is 6. The highest BCUT2D eigenvalue weighted by atomic mass is 19.4. The van der Waals surface area contributed by atoms with Crippen LogP contribution in [0.1, 0.15) is 33.1 Å². The van der Waals surface area contributed by atoms with Gasteiger partial charge in [0, 0.05) is 0 Å².